The van der Waals surface area contributed by atoms with Crippen LogP contribution < -0.4 is 10.1 Å². The first-order valence-corrected chi connectivity index (χ1v) is 8.37. The monoisotopic (exact) mass is 353 g/mol. The molecule has 0 spiro atoms. The van der Waals surface area contributed by atoms with E-state index in [9.17, 15) is 0 Å². The predicted octanol–water partition coefficient (Wildman–Crippen LogP) is 4.72. The number of benzene rings is 1. The van der Waals surface area contributed by atoms with Crippen molar-refractivity contribution in [1.29, 1.82) is 0 Å². The highest BCUT2D eigenvalue weighted by Crippen LogP contribution is 2.34. The smallest absolute Gasteiger partial charge is 0.122 e. The fourth-order valence-corrected chi connectivity index (χ4v) is 3.91. The number of hydrogen-bond acceptors (Lipinski definition) is 3. The third kappa shape index (κ3) is 3.62. The van der Waals surface area contributed by atoms with Crippen LogP contribution in [0.4, 0.5) is 0 Å². The maximum absolute atomic E-state index is 5.46. The standard InChI is InChI=1S/C16H20BrNOS/c1-4-18-13(15-9-11(2)16(17)20-15)10-12-7-5-6-8-14(12)19-3/h5-9,13,18H,4,10H2,1-3H3. The van der Waals surface area contributed by atoms with Gasteiger partial charge >= 0.3 is 0 Å². The van der Waals surface area contributed by atoms with Gasteiger partial charge in [-0.05, 0) is 59.1 Å². The normalized spacial score (nSPS) is 12.4. The third-order valence-electron chi connectivity index (χ3n) is 3.29. The zero-order chi connectivity index (χ0) is 14.5. The molecule has 0 saturated carbocycles. The molecule has 0 aliphatic carbocycles. The van der Waals surface area contributed by atoms with Crippen molar-refractivity contribution in [2.24, 2.45) is 0 Å². The van der Waals surface area contributed by atoms with E-state index in [0.29, 0.717) is 6.04 Å². The van der Waals surface area contributed by atoms with Gasteiger partial charge in [-0.15, -0.1) is 11.3 Å². The summed E-state index contributed by atoms with van der Waals surface area (Å²) in [5, 5.41) is 3.57. The fraction of sp³-hybridized carbons (Fsp3) is 0.375. The maximum Gasteiger partial charge on any atom is 0.122 e. The molecule has 0 saturated heterocycles. The molecule has 2 nitrogen and oxygen atoms in total. The topological polar surface area (TPSA) is 21.3 Å². The number of halogens is 1. The average molecular weight is 354 g/mol. The van der Waals surface area contributed by atoms with Crippen LogP contribution in [0.25, 0.3) is 0 Å². The van der Waals surface area contributed by atoms with Crippen molar-refractivity contribution in [3.05, 3.63) is 50.1 Å². The van der Waals surface area contributed by atoms with Crippen LogP contribution in [-0.2, 0) is 6.42 Å². The van der Waals surface area contributed by atoms with Crippen molar-refractivity contribution in [2.75, 3.05) is 13.7 Å². The van der Waals surface area contributed by atoms with E-state index in [1.165, 1.54) is 19.8 Å². The highest BCUT2D eigenvalue weighted by molar-refractivity contribution is 9.11. The highest BCUT2D eigenvalue weighted by Gasteiger charge is 2.16. The van der Waals surface area contributed by atoms with Crippen LogP contribution in [0.5, 0.6) is 5.75 Å². The minimum Gasteiger partial charge on any atom is -0.496 e. The number of ether oxygens (including phenoxy) is 1. The summed E-state index contributed by atoms with van der Waals surface area (Å²) in [4.78, 5) is 1.36. The van der Waals surface area contributed by atoms with Gasteiger partial charge in [-0.1, -0.05) is 25.1 Å². The molecule has 4 heteroatoms. The molecule has 1 N–H and O–H groups in total. The molecule has 2 rings (SSSR count). The van der Waals surface area contributed by atoms with E-state index in [2.05, 4.69) is 53.3 Å². The summed E-state index contributed by atoms with van der Waals surface area (Å²) >= 11 is 5.42. The molecule has 0 aliphatic heterocycles. The summed E-state index contributed by atoms with van der Waals surface area (Å²) in [5.41, 5.74) is 2.54. The van der Waals surface area contributed by atoms with Crippen molar-refractivity contribution in [3.63, 3.8) is 0 Å². The Morgan fingerprint density at radius 3 is 2.70 bits per heavy atom. The number of likely N-dealkylation sites (N-methyl/N-ethyl adjacent to an activating group) is 1. The lowest BCUT2D eigenvalue weighted by Crippen LogP contribution is -2.22. The molecule has 1 aromatic heterocycles. The molecule has 1 aromatic carbocycles. The van der Waals surface area contributed by atoms with E-state index in [1.807, 2.05) is 23.5 Å². The van der Waals surface area contributed by atoms with Crippen LogP contribution in [0.3, 0.4) is 0 Å². The number of thiophene rings is 1. The van der Waals surface area contributed by atoms with Gasteiger partial charge in [0.15, 0.2) is 0 Å². The van der Waals surface area contributed by atoms with Crippen molar-refractivity contribution < 1.29 is 4.74 Å². The Kier molecular flexibility index (Phi) is 5.64. The van der Waals surface area contributed by atoms with Gasteiger partial charge < -0.3 is 10.1 Å². The molecule has 2 aromatic rings. The first-order valence-electron chi connectivity index (χ1n) is 6.76. The van der Waals surface area contributed by atoms with Crippen LogP contribution in [0, 0.1) is 6.92 Å². The molecule has 0 aliphatic rings. The summed E-state index contributed by atoms with van der Waals surface area (Å²) in [6.07, 6.45) is 0.935. The van der Waals surface area contributed by atoms with Crippen LogP contribution in [-0.4, -0.2) is 13.7 Å². The predicted molar refractivity (Wildman–Crippen MR) is 89.9 cm³/mol. The first-order chi connectivity index (χ1) is 9.65. The van der Waals surface area contributed by atoms with Gasteiger partial charge in [0, 0.05) is 10.9 Å². The Labute approximate surface area is 133 Å². The zero-order valence-electron chi connectivity index (χ0n) is 12.1. The van der Waals surface area contributed by atoms with E-state index in [0.717, 1.165) is 18.7 Å². The van der Waals surface area contributed by atoms with Crippen molar-refractivity contribution in [1.82, 2.24) is 5.32 Å². The van der Waals surface area contributed by atoms with E-state index in [1.54, 1.807) is 7.11 Å². The quantitative estimate of drug-likeness (QED) is 0.810. The van der Waals surface area contributed by atoms with Gasteiger partial charge in [0.05, 0.1) is 10.9 Å². The third-order valence-corrected chi connectivity index (χ3v) is 5.54. The molecule has 20 heavy (non-hydrogen) atoms. The maximum atomic E-state index is 5.46. The number of methoxy groups -OCH3 is 1. The Morgan fingerprint density at radius 2 is 2.10 bits per heavy atom. The summed E-state index contributed by atoms with van der Waals surface area (Å²) in [5.74, 6) is 0.961. The lowest BCUT2D eigenvalue weighted by atomic mass is 10.0. The first kappa shape index (κ1) is 15.5. The molecule has 1 atom stereocenters. The molecule has 108 valence electrons. The van der Waals surface area contributed by atoms with Crippen LogP contribution in [0.1, 0.15) is 29.0 Å². The van der Waals surface area contributed by atoms with Gasteiger partial charge in [-0.2, -0.15) is 0 Å². The number of hydrogen-bond donors (Lipinski definition) is 1. The lowest BCUT2D eigenvalue weighted by Gasteiger charge is -2.18. The average Bonchev–Trinajstić information content (AvgIpc) is 2.79. The number of rotatable bonds is 6. The minimum atomic E-state index is 0.325. The molecular formula is C16H20BrNOS. The van der Waals surface area contributed by atoms with E-state index in [-0.39, 0.29) is 0 Å². The van der Waals surface area contributed by atoms with E-state index >= 15 is 0 Å². The summed E-state index contributed by atoms with van der Waals surface area (Å²) in [6.45, 7) is 5.23. The fourth-order valence-electron chi connectivity index (χ4n) is 2.27. The SMILES string of the molecule is CCNC(Cc1ccccc1OC)c1cc(C)c(Br)s1. The molecule has 0 fully saturated rings. The summed E-state index contributed by atoms with van der Waals surface area (Å²) in [6, 6.07) is 10.8. The van der Waals surface area contributed by atoms with Gasteiger partial charge in [0.25, 0.3) is 0 Å². The number of nitrogens with one attached hydrogen (secondary N) is 1. The van der Waals surface area contributed by atoms with Gasteiger partial charge in [-0.25, -0.2) is 0 Å². The van der Waals surface area contributed by atoms with E-state index in [4.69, 9.17) is 4.74 Å². The zero-order valence-corrected chi connectivity index (χ0v) is 14.5. The Balaban J connectivity index is 2.25. The van der Waals surface area contributed by atoms with Crippen molar-refractivity contribution in [2.45, 2.75) is 26.3 Å². The molecule has 0 bridgehead atoms. The second kappa shape index (κ2) is 7.25. The molecule has 1 unspecified atom stereocenters. The van der Waals surface area contributed by atoms with Crippen LogP contribution in [0.15, 0.2) is 34.1 Å². The Bertz CT molecular complexity index is 548. The number of para-hydroxylation sites is 1. The van der Waals surface area contributed by atoms with Crippen LogP contribution >= 0.6 is 27.3 Å². The van der Waals surface area contributed by atoms with Gasteiger partial charge in [0.1, 0.15) is 5.75 Å². The van der Waals surface area contributed by atoms with Crippen molar-refractivity contribution >= 4 is 27.3 Å². The molecule has 0 radical (unpaired) electrons. The number of aryl methyl sites for hydroxylation is 1. The van der Waals surface area contributed by atoms with Gasteiger partial charge in [0.2, 0.25) is 0 Å². The Morgan fingerprint density at radius 1 is 1.35 bits per heavy atom. The summed E-state index contributed by atoms with van der Waals surface area (Å²) < 4.78 is 6.67. The van der Waals surface area contributed by atoms with Crippen molar-refractivity contribution in [3.8, 4) is 5.75 Å². The van der Waals surface area contributed by atoms with Crippen LogP contribution in [0.2, 0.25) is 0 Å². The molecule has 0 amide bonds. The lowest BCUT2D eigenvalue weighted by molar-refractivity contribution is 0.406. The minimum absolute atomic E-state index is 0.325. The molecular weight excluding hydrogens is 334 g/mol. The summed E-state index contributed by atoms with van der Waals surface area (Å²) in [7, 11) is 1.73. The second-order valence-electron chi connectivity index (χ2n) is 4.73. The van der Waals surface area contributed by atoms with E-state index < -0.39 is 0 Å². The van der Waals surface area contributed by atoms with Gasteiger partial charge in [-0.3, -0.25) is 0 Å². The largest absolute Gasteiger partial charge is 0.496 e. The Hall–Kier alpha value is -0.840. The molecule has 1 heterocycles. The highest BCUT2D eigenvalue weighted by atomic mass is 79.9. The second-order valence-corrected chi connectivity index (χ2v) is 7.13.